The standard InChI is InChI=1S/C11H17ClN2/c1-9(3-5-12)7-14-11-4-6-13-8-10(11)2/h4,6,8-9H,3,5,7H2,1-2H3,(H,13,14). The van der Waals surface area contributed by atoms with Crippen molar-refractivity contribution in [2.24, 2.45) is 5.92 Å². The van der Waals surface area contributed by atoms with Crippen LogP contribution in [0, 0.1) is 12.8 Å². The van der Waals surface area contributed by atoms with E-state index in [9.17, 15) is 0 Å². The lowest BCUT2D eigenvalue weighted by Crippen LogP contribution is -2.12. The molecule has 0 bridgehead atoms. The molecule has 0 saturated heterocycles. The number of nitrogens with zero attached hydrogens (tertiary/aromatic N) is 1. The summed E-state index contributed by atoms with van der Waals surface area (Å²) in [7, 11) is 0. The summed E-state index contributed by atoms with van der Waals surface area (Å²) in [6.07, 6.45) is 4.73. The Labute approximate surface area is 90.7 Å². The van der Waals surface area contributed by atoms with Crippen LogP contribution in [0.25, 0.3) is 0 Å². The van der Waals surface area contributed by atoms with E-state index in [1.807, 2.05) is 18.5 Å². The fraction of sp³-hybridized carbons (Fsp3) is 0.545. The Morgan fingerprint density at radius 2 is 2.36 bits per heavy atom. The Morgan fingerprint density at radius 3 is 3.00 bits per heavy atom. The highest BCUT2D eigenvalue weighted by molar-refractivity contribution is 6.17. The van der Waals surface area contributed by atoms with E-state index in [0.717, 1.165) is 18.8 Å². The average Bonchev–Trinajstić information content (AvgIpc) is 2.17. The molecule has 3 heteroatoms. The van der Waals surface area contributed by atoms with Crippen LogP contribution in [0.15, 0.2) is 18.5 Å². The topological polar surface area (TPSA) is 24.9 Å². The van der Waals surface area contributed by atoms with E-state index in [0.29, 0.717) is 5.92 Å². The number of alkyl halides is 1. The minimum absolute atomic E-state index is 0.611. The van der Waals surface area contributed by atoms with Crippen LogP contribution in [0.3, 0.4) is 0 Å². The summed E-state index contributed by atoms with van der Waals surface area (Å²) in [5, 5.41) is 3.40. The van der Waals surface area contributed by atoms with Gasteiger partial charge in [0.25, 0.3) is 0 Å². The normalized spacial score (nSPS) is 12.5. The first-order valence-electron chi connectivity index (χ1n) is 4.94. The Morgan fingerprint density at radius 1 is 1.57 bits per heavy atom. The van der Waals surface area contributed by atoms with Crippen LogP contribution < -0.4 is 5.32 Å². The quantitative estimate of drug-likeness (QED) is 0.759. The molecule has 1 rings (SSSR count). The first kappa shape index (κ1) is 11.3. The minimum atomic E-state index is 0.611. The number of aromatic nitrogens is 1. The van der Waals surface area contributed by atoms with Crippen molar-refractivity contribution in [3.63, 3.8) is 0 Å². The van der Waals surface area contributed by atoms with Gasteiger partial charge in [-0.15, -0.1) is 11.6 Å². The molecule has 1 aromatic rings. The van der Waals surface area contributed by atoms with Gasteiger partial charge in [0.1, 0.15) is 0 Å². The smallest absolute Gasteiger partial charge is 0.0400 e. The first-order chi connectivity index (χ1) is 6.74. The van der Waals surface area contributed by atoms with Gasteiger partial charge < -0.3 is 5.32 Å². The largest absolute Gasteiger partial charge is 0.384 e. The first-order valence-corrected chi connectivity index (χ1v) is 5.48. The summed E-state index contributed by atoms with van der Waals surface area (Å²) in [5.41, 5.74) is 2.35. The van der Waals surface area contributed by atoms with E-state index < -0.39 is 0 Å². The van der Waals surface area contributed by atoms with E-state index in [2.05, 4.69) is 24.1 Å². The second-order valence-corrected chi connectivity index (χ2v) is 4.03. The van der Waals surface area contributed by atoms with Gasteiger partial charge in [0, 0.05) is 30.5 Å². The highest BCUT2D eigenvalue weighted by Gasteiger charge is 2.02. The number of anilines is 1. The predicted molar refractivity (Wildman–Crippen MR) is 62.0 cm³/mol. The lowest BCUT2D eigenvalue weighted by atomic mass is 10.1. The number of hydrogen-bond acceptors (Lipinski definition) is 2. The van der Waals surface area contributed by atoms with Crippen LogP contribution in [0.5, 0.6) is 0 Å². The van der Waals surface area contributed by atoms with Crippen LogP contribution in [-0.2, 0) is 0 Å². The van der Waals surface area contributed by atoms with E-state index in [1.165, 1.54) is 11.3 Å². The highest BCUT2D eigenvalue weighted by Crippen LogP contribution is 2.13. The second kappa shape index (κ2) is 5.86. The van der Waals surface area contributed by atoms with Gasteiger partial charge in [0.2, 0.25) is 0 Å². The van der Waals surface area contributed by atoms with Crippen molar-refractivity contribution in [3.05, 3.63) is 24.0 Å². The highest BCUT2D eigenvalue weighted by atomic mass is 35.5. The van der Waals surface area contributed by atoms with Crippen LogP contribution in [-0.4, -0.2) is 17.4 Å². The Bertz CT molecular complexity index is 276. The maximum absolute atomic E-state index is 5.67. The van der Waals surface area contributed by atoms with Crippen LogP contribution in [0.1, 0.15) is 18.9 Å². The fourth-order valence-corrected chi connectivity index (χ4v) is 1.62. The number of rotatable bonds is 5. The van der Waals surface area contributed by atoms with Gasteiger partial charge in [0.05, 0.1) is 0 Å². The van der Waals surface area contributed by atoms with Crippen molar-refractivity contribution in [2.75, 3.05) is 17.7 Å². The molecule has 1 aromatic heterocycles. The number of aryl methyl sites for hydroxylation is 1. The lowest BCUT2D eigenvalue weighted by Gasteiger charge is -2.13. The Kier molecular flexibility index (Phi) is 4.74. The van der Waals surface area contributed by atoms with Crippen LogP contribution in [0.4, 0.5) is 5.69 Å². The Balaban J connectivity index is 2.41. The van der Waals surface area contributed by atoms with Gasteiger partial charge in [-0.1, -0.05) is 6.92 Å². The van der Waals surface area contributed by atoms with E-state index in [4.69, 9.17) is 11.6 Å². The second-order valence-electron chi connectivity index (χ2n) is 3.65. The zero-order valence-electron chi connectivity index (χ0n) is 8.76. The summed E-state index contributed by atoms with van der Waals surface area (Å²) >= 11 is 5.67. The molecule has 14 heavy (non-hydrogen) atoms. The van der Waals surface area contributed by atoms with Gasteiger partial charge in [-0.05, 0) is 30.9 Å². The summed E-state index contributed by atoms with van der Waals surface area (Å²) in [5.74, 6) is 1.35. The SMILES string of the molecule is Cc1cnccc1NCC(C)CCCl. The van der Waals surface area contributed by atoms with Gasteiger partial charge in [-0.25, -0.2) is 0 Å². The molecular weight excluding hydrogens is 196 g/mol. The molecule has 78 valence electrons. The molecule has 0 amide bonds. The van der Waals surface area contributed by atoms with Crippen LogP contribution >= 0.6 is 11.6 Å². The molecule has 0 fully saturated rings. The van der Waals surface area contributed by atoms with Crippen LogP contribution in [0.2, 0.25) is 0 Å². The monoisotopic (exact) mass is 212 g/mol. The van der Waals surface area contributed by atoms with Crippen molar-refractivity contribution >= 4 is 17.3 Å². The molecule has 0 aliphatic heterocycles. The number of hydrogen-bond donors (Lipinski definition) is 1. The minimum Gasteiger partial charge on any atom is -0.384 e. The molecule has 1 heterocycles. The maximum Gasteiger partial charge on any atom is 0.0400 e. The van der Waals surface area contributed by atoms with E-state index in [-0.39, 0.29) is 0 Å². The maximum atomic E-state index is 5.67. The zero-order chi connectivity index (χ0) is 10.4. The summed E-state index contributed by atoms with van der Waals surface area (Å²) in [6, 6.07) is 2.00. The van der Waals surface area contributed by atoms with Gasteiger partial charge >= 0.3 is 0 Å². The van der Waals surface area contributed by atoms with E-state index >= 15 is 0 Å². The number of pyridine rings is 1. The molecule has 0 aliphatic carbocycles. The molecule has 2 nitrogen and oxygen atoms in total. The molecule has 0 spiro atoms. The third-order valence-electron chi connectivity index (χ3n) is 2.26. The third-order valence-corrected chi connectivity index (χ3v) is 2.48. The summed E-state index contributed by atoms with van der Waals surface area (Å²) in [6.45, 7) is 5.23. The van der Waals surface area contributed by atoms with Crippen molar-refractivity contribution in [3.8, 4) is 0 Å². The fourth-order valence-electron chi connectivity index (χ4n) is 1.24. The Hall–Kier alpha value is -0.760. The summed E-state index contributed by atoms with van der Waals surface area (Å²) < 4.78 is 0. The lowest BCUT2D eigenvalue weighted by molar-refractivity contribution is 0.597. The molecule has 0 aliphatic rings. The molecule has 0 aromatic carbocycles. The molecule has 1 atom stereocenters. The van der Waals surface area contributed by atoms with E-state index in [1.54, 1.807) is 0 Å². The van der Waals surface area contributed by atoms with Crippen molar-refractivity contribution in [2.45, 2.75) is 20.3 Å². The predicted octanol–water partition coefficient (Wildman–Crippen LogP) is 3.07. The third kappa shape index (κ3) is 3.54. The molecular formula is C11H17ClN2. The van der Waals surface area contributed by atoms with Gasteiger partial charge in [0.15, 0.2) is 0 Å². The number of nitrogens with one attached hydrogen (secondary N) is 1. The van der Waals surface area contributed by atoms with Crippen molar-refractivity contribution < 1.29 is 0 Å². The number of halogens is 1. The summed E-state index contributed by atoms with van der Waals surface area (Å²) in [4.78, 5) is 4.05. The molecule has 0 radical (unpaired) electrons. The molecule has 1 unspecified atom stereocenters. The van der Waals surface area contributed by atoms with Gasteiger partial charge in [-0.2, -0.15) is 0 Å². The molecule has 0 saturated carbocycles. The van der Waals surface area contributed by atoms with Crippen molar-refractivity contribution in [1.29, 1.82) is 0 Å². The zero-order valence-corrected chi connectivity index (χ0v) is 9.51. The molecule has 1 N–H and O–H groups in total. The van der Waals surface area contributed by atoms with Crippen molar-refractivity contribution in [1.82, 2.24) is 4.98 Å². The average molecular weight is 213 g/mol. The van der Waals surface area contributed by atoms with Gasteiger partial charge in [-0.3, -0.25) is 4.98 Å².